The predicted octanol–water partition coefficient (Wildman–Crippen LogP) is 0.498. The zero-order valence-electron chi connectivity index (χ0n) is 6.03. The Morgan fingerprint density at radius 1 is 1.42 bits per heavy atom. The summed E-state index contributed by atoms with van der Waals surface area (Å²) in [4.78, 5) is 3.90. The molecule has 0 bridgehead atoms. The van der Waals surface area contributed by atoms with E-state index in [4.69, 9.17) is 11.5 Å². The van der Waals surface area contributed by atoms with E-state index in [1.807, 2.05) is 6.07 Å². The number of nitrogens with zero attached hydrogens (tertiary/aromatic N) is 3. The number of hydrogen-bond donors (Lipinski definition) is 2. The van der Waals surface area contributed by atoms with Gasteiger partial charge >= 0.3 is 0 Å². The van der Waals surface area contributed by atoms with Crippen molar-refractivity contribution >= 4 is 39.9 Å². The molecule has 0 amide bonds. The maximum atomic E-state index is 5.62. The molecule has 0 atom stereocenters. The highest BCUT2D eigenvalue weighted by atomic mass is 127. The molecule has 2 heterocycles. The van der Waals surface area contributed by atoms with Crippen molar-refractivity contribution in [3.8, 4) is 0 Å². The lowest BCUT2D eigenvalue weighted by Gasteiger charge is -1.95. The third kappa shape index (κ3) is 0.909. The molecule has 62 valence electrons. The summed E-state index contributed by atoms with van der Waals surface area (Å²) in [5, 5.41) is 4.01. The Morgan fingerprint density at radius 2 is 2.17 bits per heavy atom. The van der Waals surface area contributed by atoms with E-state index in [1.165, 1.54) is 4.52 Å². The second-order valence-corrected chi connectivity index (χ2v) is 3.46. The van der Waals surface area contributed by atoms with E-state index >= 15 is 0 Å². The van der Waals surface area contributed by atoms with Gasteiger partial charge in [-0.25, -0.2) is 0 Å². The molecule has 0 aliphatic carbocycles. The lowest BCUT2D eigenvalue weighted by atomic mass is 10.4. The zero-order chi connectivity index (χ0) is 8.72. The average Bonchev–Trinajstić information content (AvgIpc) is 2.29. The van der Waals surface area contributed by atoms with Crippen LogP contribution in [0.2, 0.25) is 0 Å². The minimum atomic E-state index is 0.320. The zero-order valence-corrected chi connectivity index (χ0v) is 8.19. The first-order valence-electron chi connectivity index (χ1n) is 3.24. The smallest absolute Gasteiger partial charge is 0.223 e. The van der Waals surface area contributed by atoms with Crippen molar-refractivity contribution in [3.63, 3.8) is 0 Å². The van der Waals surface area contributed by atoms with Crippen molar-refractivity contribution < 1.29 is 0 Å². The summed E-state index contributed by atoms with van der Waals surface area (Å²) in [5.41, 5.74) is 11.9. The number of rotatable bonds is 0. The number of anilines is 2. The fourth-order valence-corrected chi connectivity index (χ4v) is 1.70. The third-order valence-electron chi connectivity index (χ3n) is 1.54. The summed E-state index contributed by atoms with van der Waals surface area (Å²) in [5.74, 6) is 0.742. The van der Waals surface area contributed by atoms with Crippen LogP contribution >= 0.6 is 22.6 Å². The molecule has 0 saturated carbocycles. The number of imidazole rings is 1. The molecule has 0 aliphatic rings. The monoisotopic (exact) mass is 275 g/mol. The fraction of sp³-hybridized carbons (Fsp3) is 0. The molecule has 6 heteroatoms. The van der Waals surface area contributed by atoms with Crippen LogP contribution in [0.15, 0.2) is 12.3 Å². The third-order valence-corrected chi connectivity index (χ3v) is 2.41. The van der Waals surface area contributed by atoms with Crippen molar-refractivity contribution in [2.45, 2.75) is 0 Å². The standard InChI is InChI=1S/C6H6IN5/c7-3-1-2-10-12-4(3)5(8)11-6(12)9/h1-2H,8H2,(H2,9,11). The molecule has 2 rings (SSSR count). The van der Waals surface area contributed by atoms with Crippen LogP contribution in [0.25, 0.3) is 5.52 Å². The molecule has 0 aromatic carbocycles. The maximum Gasteiger partial charge on any atom is 0.223 e. The number of nitrogens with two attached hydrogens (primary N) is 2. The highest BCUT2D eigenvalue weighted by Crippen LogP contribution is 2.20. The van der Waals surface area contributed by atoms with E-state index in [0.29, 0.717) is 11.8 Å². The summed E-state index contributed by atoms with van der Waals surface area (Å²) in [6.07, 6.45) is 1.66. The Balaban J connectivity index is 2.99. The van der Waals surface area contributed by atoms with E-state index in [-0.39, 0.29) is 0 Å². The van der Waals surface area contributed by atoms with Crippen molar-refractivity contribution in [3.05, 3.63) is 15.8 Å². The van der Waals surface area contributed by atoms with Crippen molar-refractivity contribution in [2.24, 2.45) is 0 Å². The van der Waals surface area contributed by atoms with Gasteiger partial charge in [-0.15, -0.1) is 0 Å². The number of fused-ring (bicyclic) bond motifs is 1. The van der Waals surface area contributed by atoms with Crippen LogP contribution in [-0.4, -0.2) is 14.6 Å². The first-order valence-corrected chi connectivity index (χ1v) is 4.32. The Hall–Kier alpha value is -1.05. The predicted molar refractivity (Wildman–Crippen MR) is 54.5 cm³/mol. The van der Waals surface area contributed by atoms with Gasteiger partial charge in [-0.3, -0.25) is 0 Å². The Bertz CT molecular complexity index is 435. The summed E-state index contributed by atoms with van der Waals surface area (Å²) in [7, 11) is 0. The van der Waals surface area contributed by atoms with E-state index < -0.39 is 0 Å². The van der Waals surface area contributed by atoms with E-state index in [1.54, 1.807) is 6.20 Å². The minimum Gasteiger partial charge on any atom is -0.382 e. The normalized spacial score (nSPS) is 10.8. The highest BCUT2D eigenvalue weighted by molar-refractivity contribution is 14.1. The van der Waals surface area contributed by atoms with Crippen LogP contribution in [0.1, 0.15) is 0 Å². The molecule has 2 aromatic heterocycles. The molecular formula is C6H6IN5. The quantitative estimate of drug-likeness (QED) is 0.686. The van der Waals surface area contributed by atoms with Crippen molar-refractivity contribution in [1.82, 2.24) is 14.6 Å². The number of hydrogen-bond acceptors (Lipinski definition) is 4. The van der Waals surface area contributed by atoms with Crippen LogP contribution in [0.5, 0.6) is 0 Å². The second-order valence-electron chi connectivity index (χ2n) is 2.29. The van der Waals surface area contributed by atoms with Crippen molar-refractivity contribution in [1.29, 1.82) is 0 Å². The molecule has 12 heavy (non-hydrogen) atoms. The maximum absolute atomic E-state index is 5.62. The van der Waals surface area contributed by atoms with Crippen LogP contribution < -0.4 is 11.5 Å². The Labute approximate surface area is 81.9 Å². The topological polar surface area (TPSA) is 82.2 Å². The van der Waals surface area contributed by atoms with Gasteiger partial charge in [0.25, 0.3) is 0 Å². The van der Waals surface area contributed by atoms with Crippen LogP contribution in [0.3, 0.4) is 0 Å². The van der Waals surface area contributed by atoms with Crippen LogP contribution in [-0.2, 0) is 0 Å². The largest absolute Gasteiger partial charge is 0.382 e. The number of halogens is 1. The molecule has 5 nitrogen and oxygen atoms in total. The molecule has 4 N–H and O–H groups in total. The molecular weight excluding hydrogens is 269 g/mol. The van der Waals surface area contributed by atoms with Crippen LogP contribution in [0, 0.1) is 3.57 Å². The molecule has 0 radical (unpaired) electrons. The van der Waals surface area contributed by atoms with Crippen molar-refractivity contribution in [2.75, 3.05) is 11.5 Å². The molecule has 0 saturated heterocycles. The van der Waals surface area contributed by atoms with E-state index in [2.05, 4.69) is 32.7 Å². The van der Waals surface area contributed by atoms with Gasteiger partial charge in [-0.05, 0) is 28.7 Å². The lowest BCUT2D eigenvalue weighted by molar-refractivity contribution is 0.936. The van der Waals surface area contributed by atoms with Gasteiger partial charge in [0.1, 0.15) is 5.52 Å². The minimum absolute atomic E-state index is 0.320. The summed E-state index contributed by atoms with van der Waals surface area (Å²) >= 11 is 2.16. The summed E-state index contributed by atoms with van der Waals surface area (Å²) in [6, 6.07) is 1.85. The first kappa shape index (κ1) is 7.59. The van der Waals surface area contributed by atoms with Gasteiger partial charge < -0.3 is 11.5 Å². The SMILES string of the molecule is Nc1nc(N)n2nccc(I)c12. The second kappa shape index (κ2) is 2.47. The van der Waals surface area contributed by atoms with E-state index in [9.17, 15) is 0 Å². The number of aromatic nitrogens is 3. The van der Waals surface area contributed by atoms with Gasteiger partial charge in [-0.1, -0.05) is 0 Å². The van der Waals surface area contributed by atoms with Gasteiger partial charge in [0.2, 0.25) is 5.95 Å². The molecule has 2 aromatic rings. The molecule has 0 unspecified atom stereocenters. The van der Waals surface area contributed by atoms with Gasteiger partial charge in [0.05, 0.1) is 0 Å². The lowest BCUT2D eigenvalue weighted by Crippen LogP contribution is -1.98. The molecule has 0 aliphatic heterocycles. The van der Waals surface area contributed by atoms with E-state index in [0.717, 1.165) is 9.09 Å². The highest BCUT2D eigenvalue weighted by Gasteiger charge is 2.08. The van der Waals surface area contributed by atoms with Crippen LogP contribution in [0.4, 0.5) is 11.8 Å². The number of nitrogen functional groups attached to an aromatic ring is 2. The van der Waals surface area contributed by atoms with Gasteiger partial charge in [0.15, 0.2) is 5.82 Å². The summed E-state index contributed by atoms with van der Waals surface area (Å²) in [6.45, 7) is 0. The Morgan fingerprint density at radius 3 is 2.83 bits per heavy atom. The van der Waals surface area contributed by atoms with Gasteiger partial charge in [-0.2, -0.15) is 14.6 Å². The van der Waals surface area contributed by atoms with Gasteiger partial charge in [0, 0.05) is 9.77 Å². The fourth-order valence-electron chi connectivity index (χ4n) is 1.03. The average molecular weight is 275 g/mol. The Kier molecular flexibility index (Phi) is 1.56. The summed E-state index contributed by atoms with van der Waals surface area (Å²) < 4.78 is 2.51. The molecule has 0 spiro atoms. The first-order chi connectivity index (χ1) is 5.70. The molecule has 0 fully saturated rings.